The summed E-state index contributed by atoms with van der Waals surface area (Å²) in [4.78, 5) is 2.38. The second-order valence-electron chi connectivity index (χ2n) is 5.68. The number of likely N-dealkylation sites (tertiary alicyclic amines) is 1. The molecule has 1 fully saturated rings. The van der Waals surface area contributed by atoms with Gasteiger partial charge < -0.3 is 0 Å². The fraction of sp³-hybridized carbons (Fsp3) is 0.278. The molecule has 0 bridgehead atoms. The molecule has 1 aliphatic heterocycles. The molecule has 3 nitrogen and oxygen atoms in total. The molecular formula is C18H19F2N3. The van der Waals surface area contributed by atoms with Gasteiger partial charge in [0.2, 0.25) is 0 Å². The molecule has 1 N–H and O–H groups in total. The lowest BCUT2D eigenvalue weighted by atomic mass is 10.1. The predicted octanol–water partition coefficient (Wildman–Crippen LogP) is 4.03. The van der Waals surface area contributed by atoms with Gasteiger partial charge in [0.05, 0.1) is 5.69 Å². The number of nitrogens with one attached hydrogen (secondary N) is 1. The zero-order chi connectivity index (χ0) is 16.1. The second kappa shape index (κ2) is 7.33. The molecule has 0 aliphatic carbocycles. The van der Waals surface area contributed by atoms with Crippen LogP contribution in [-0.4, -0.2) is 23.7 Å². The smallest absolute Gasteiger partial charge is 0.151 e. The highest BCUT2D eigenvalue weighted by molar-refractivity contribution is 5.86. The van der Waals surface area contributed by atoms with Crippen molar-refractivity contribution in [2.24, 2.45) is 5.10 Å². The number of benzene rings is 2. The number of hydrogen-bond donors (Lipinski definition) is 1. The second-order valence-corrected chi connectivity index (χ2v) is 5.68. The number of rotatable bonds is 4. The van der Waals surface area contributed by atoms with Gasteiger partial charge in [0.25, 0.3) is 0 Å². The molecule has 0 unspecified atom stereocenters. The lowest BCUT2D eigenvalue weighted by Gasteiger charge is -2.27. The Balaban J connectivity index is 1.52. The summed E-state index contributed by atoms with van der Waals surface area (Å²) in [7, 11) is 0. The summed E-state index contributed by atoms with van der Waals surface area (Å²) < 4.78 is 26.4. The van der Waals surface area contributed by atoms with Crippen LogP contribution in [0.15, 0.2) is 53.6 Å². The van der Waals surface area contributed by atoms with Gasteiger partial charge in [0.15, 0.2) is 5.82 Å². The lowest BCUT2D eigenvalue weighted by Crippen LogP contribution is -2.33. The fourth-order valence-corrected chi connectivity index (χ4v) is 2.64. The van der Waals surface area contributed by atoms with Gasteiger partial charge >= 0.3 is 0 Å². The molecule has 120 valence electrons. The third kappa shape index (κ3) is 4.36. The maximum Gasteiger partial charge on any atom is 0.151 e. The van der Waals surface area contributed by atoms with Crippen LogP contribution in [-0.2, 0) is 6.54 Å². The molecule has 0 aromatic heterocycles. The van der Waals surface area contributed by atoms with Crippen LogP contribution in [0.3, 0.4) is 0 Å². The van der Waals surface area contributed by atoms with Crippen LogP contribution < -0.4 is 5.43 Å². The standard InChI is InChI=1S/C18H19F2N3/c19-15-6-7-18(17(20)12-15)22-21-16-8-10-23(11-9-16)13-14-4-2-1-3-5-14/h1-7,12,22H,8-11,13H2. The van der Waals surface area contributed by atoms with E-state index in [-0.39, 0.29) is 5.69 Å². The molecule has 0 atom stereocenters. The first kappa shape index (κ1) is 15.6. The first-order valence-electron chi connectivity index (χ1n) is 7.73. The number of anilines is 1. The average Bonchev–Trinajstić information content (AvgIpc) is 2.56. The molecule has 2 aromatic carbocycles. The molecule has 23 heavy (non-hydrogen) atoms. The number of piperidine rings is 1. The highest BCUT2D eigenvalue weighted by atomic mass is 19.1. The van der Waals surface area contributed by atoms with Crippen molar-refractivity contribution in [3.05, 3.63) is 65.7 Å². The van der Waals surface area contributed by atoms with Crippen LogP contribution in [0.5, 0.6) is 0 Å². The van der Waals surface area contributed by atoms with E-state index in [1.807, 2.05) is 18.2 Å². The van der Waals surface area contributed by atoms with Gasteiger partial charge in [-0.15, -0.1) is 0 Å². The van der Waals surface area contributed by atoms with Crippen molar-refractivity contribution in [3.63, 3.8) is 0 Å². The summed E-state index contributed by atoms with van der Waals surface area (Å²) in [6.07, 6.45) is 1.70. The van der Waals surface area contributed by atoms with Crippen LogP contribution in [0.4, 0.5) is 14.5 Å². The van der Waals surface area contributed by atoms with Crippen molar-refractivity contribution in [2.75, 3.05) is 18.5 Å². The van der Waals surface area contributed by atoms with Crippen molar-refractivity contribution in [2.45, 2.75) is 19.4 Å². The number of hydrazone groups is 1. The Morgan fingerprint density at radius 3 is 2.43 bits per heavy atom. The molecule has 1 saturated heterocycles. The molecule has 0 saturated carbocycles. The van der Waals surface area contributed by atoms with E-state index >= 15 is 0 Å². The highest BCUT2D eigenvalue weighted by Gasteiger charge is 2.15. The van der Waals surface area contributed by atoms with E-state index in [2.05, 4.69) is 27.6 Å². The van der Waals surface area contributed by atoms with Crippen molar-refractivity contribution >= 4 is 11.4 Å². The van der Waals surface area contributed by atoms with Crippen LogP contribution >= 0.6 is 0 Å². The Labute approximate surface area is 134 Å². The summed E-state index contributed by atoms with van der Waals surface area (Å²) in [5.74, 6) is -1.22. The minimum atomic E-state index is -0.629. The van der Waals surface area contributed by atoms with E-state index in [4.69, 9.17) is 0 Å². The zero-order valence-corrected chi connectivity index (χ0v) is 12.8. The van der Waals surface area contributed by atoms with Gasteiger partial charge in [0.1, 0.15) is 5.82 Å². The molecule has 0 radical (unpaired) electrons. The van der Waals surface area contributed by atoms with Crippen LogP contribution in [0.1, 0.15) is 18.4 Å². The Morgan fingerprint density at radius 2 is 1.74 bits per heavy atom. The van der Waals surface area contributed by atoms with E-state index in [0.29, 0.717) is 0 Å². The van der Waals surface area contributed by atoms with Crippen molar-refractivity contribution in [3.8, 4) is 0 Å². The Kier molecular flexibility index (Phi) is 4.98. The van der Waals surface area contributed by atoms with E-state index in [0.717, 1.165) is 44.3 Å². The summed E-state index contributed by atoms with van der Waals surface area (Å²) in [5, 5.41) is 4.26. The topological polar surface area (TPSA) is 27.6 Å². The predicted molar refractivity (Wildman–Crippen MR) is 88.4 cm³/mol. The highest BCUT2D eigenvalue weighted by Crippen LogP contribution is 2.16. The number of hydrogen-bond acceptors (Lipinski definition) is 3. The minimum Gasteiger partial charge on any atom is -0.298 e. The van der Waals surface area contributed by atoms with E-state index in [1.165, 1.54) is 17.7 Å². The Hall–Kier alpha value is -2.27. The largest absolute Gasteiger partial charge is 0.298 e. The van der Waals surface area contributed by atoms with Gasteiger partial charge in [-0.2, -0.15) is 5.10 Å². The third-order valence-corrected chi connectivity index (χ3v) is 3.95. The van der Waals surface area contributed by atoms with Crippen LogP contribution in [0.25, 0.3) is 0 Å². The van der Waals surface area contributed by atoms with Gasteiger partial charge in [-0.3, -0.25) is 10.3 Å². The van der Waals surface area contributed by atoms with Crippen molar-refractivity contribution < 1.29 is 8.78 Å². The molecule has 0 amide bonds. The average molecular weight is 315 g/mol. The minimum absolute atomic E-state index is 0.200. The summed E-state index contributed by atoms with van der Waals surface area (Å²) >= 11 is 0. The fourth-order valence-electron chi connectivity index (χ4n) is 2.64. The third-order valence-electron chi connectivity index (χ3n) is 3.95. The molecule has 1 aliphatic rings. The quantitative estimate of drug-likeness (QED) is 0.863. The number of halogens is 2. The van der Waals surface area contributed by atoms with E-state index < -0.39 is 11.6 Å². The van der Waals surface area contributed by atoms with Crippen LogP contribution in [0, 0.1) is 11.6 Å². The first-order chi connectivity index (χ1) is 11.2. The van der Waals surface area contributed by atoms with Gasteiger partial charge in [-0.05, 0) is 17.7 Å². The normalized spacial score (nSPS) is 15.5. The van der Waals surface area contributed by atoms with E-state index in [1.54, 1.807) is 0 Å². The van der Waals surface area contributed by atoms with Gasteiger partial charge in [-0.25, -0.2) is 8.78 Å². The molecule has 3 rings (SSSR count). The van der Waals surface area contributed by atoms with Crippen LogP contribution in [0.2, 0.25) is 0 Å². The summed E-state index contributed by atoms with van der Waals surface area (Å²) in [5.41, 5.74) is 5.22. The molecule has 1 heterocycles. The summed E-state index contributed by atoms with van der Waals surface area (Å²) in [6, 6.07) is 13.8. The van der Waals surface area contributed by atoms with Crippen molar-refractivity contribution in [1.29, 1.82) is 0 Å². The number of nitrogens with zero attached hydrogens (tertiary/aromatic N) is 2. The molecule has 2 aromatic rings. The Bertz CT molecular complexity index is 676. The molecule has 5 heteroatoms. The maximum atomic E-state index is 13.5. The molecular weight excluding hydrogens is 296 g/mol. The van der Waals surface area contributed by atoms with Crippen molar-refractivity contribution in [1.82, 2.24) is 4.90 Å². The Morgan fingerprint density at radius 1 is 1.00 bits per heavy atom. The first-order valence-corrected chi connectivity index (χ1v) is 7.73. The van der Waals surface area contributed by atoms with Gasteiger partial charge in [-0.1, -0.05) is 30.3 Å². The monoisotopic (exact) mass is 315 g/mol. The lowest BCUT2D eigenvalue weighted by molar-refractivity contribution is 0.266. The van der Waals surface area contributed by atoms with Gasteiger partial charge in [0, 0.05) is 44.3 Å². The molecule has 0 spiro atoms. The summed E-state index contributed by atoms with van der Waals surface area (Å²) in [6.45, 7) is 2.80. The zero-order valence-electron chi connectivity index (χ0n) is 12.8. The maximum absolute atomic E-state index is 13.5. The SMILES string of the molecule is Fc1ccc(NN=C2CCN(Cc3ccccc3)CC2)c(F)c1. The van der Waals surface area contributed by atoms with E-state index in [9.17, 15) is 8.78 Å².